The first kappa shape index (κ1) is 14.6. The second-order valence-electron chi connectivity index (χ2n) is 4.90. The number of rotatable bonds is 3. The van der Waals surface area contributed by atoms with Crippen LogP contribution in [-0.4, -0.2) is 5.91 Å². The van der Waals surface area contributed by atoms with Crippen molar-refractivity contribution in [2.24, 2.45) is 5.92 Å². The van der Waals surface area contributed by atoms with Gasteiger partial charge in [0, 0.05) is 12.5 Å². The summed E-state index contributed by atoms with van der Waals surface area (Å²) < 4.78 is 37.7. The standard InChI is InChI=1S/C15H16F3NO/c16-15(17,18)13-8-4-5-11(9-13)10-19-14(20)12-6-2-1-3-7-12/h1-2,4-5,8-9,12H,3,6-7,10H2,(H,19,20). The normalized spacial score (nSPS) is 18.9. The van der Waals surface area contributed by atoms with Crippen molar-refractivity contribution in [1.82, 2.24) is 5.32 Å². The Morgan fingerprint density at radius 1 is 1.30 bits per heavy atom. The van der Waals surface area contributed by atoms with Gasteiger partial charge < -0.3 is 5.32 Å². The Bertz CT molecular complexity index is 508. The number of nitrogens with one attached hydrogen (secondary N) is 1. The molecule has 1 N–H and O–H groups in total. The molecule has 0 spiro atoms. The molecule has 1 aromatic carbocycles. The fourth-order valence-corrected chi connectivity index (χ4v) is 2.22. The predicted octanol–water partition coefficient (Wildman–Crippen LogP) is 3.68. The Hall–Kier alpha value is -1.78. The first-order valence-electron chi connectivity index (χ1n) is 6.55. The van der Waals surface area contributed by atoms with E-state index in [1.54, 1.807) is 6.07 Å². The zero-order valence-corrected chi connectivity index (χ0v) is 10.9. The molecule has 0 bridgehead atoms. The molecule has 1 aliphatic rings. The Morgan fingerprint density at radius 3 is 2.75 bits per heavy atom. The summed E-state index contributed by atoms with van der Waals surface area (Å²) >= 11 is 0. The van der Waals surface area contributed by atoms with E-state index < -0.39 is 11.7 Å². The highest BCUT2D eigenvalue weighted by Gasteiger charge is 2.30. The lowest BCUT2D eigenvalue weighted by Gasteiger charge is -2.17. The first-order valence-corrected chi connectivity index (χ1v) is 6.55. The second-order valence-corrected chi connectivity index (χ2v) is 4.90. The van der Waals surface area contributed by atoms with Crippen LogP contribution in [0.25, 0.3) is 0 Å². The van der Waals surface area contributed by atoms with E-state index in [4.69, 9.17) is 0 Å². The van der Waals surface area contributed by atoms with Crippen LogP contribution in [0.1, 0.15) is 30.4 Å². The monoisotopic (exact) mass is 283 g/mol. The highest BCUT2D eigenvalue weighted by Crippen LogP contribution is 2.29. The number of halogens is 3. The SMILES string of the molecule is O=C(NCc1cccc(C(F)(F)F)c1)C1CC=CCC1. The average molecular weight is 283 g/mol. The number of allylic oxidation sites excluding steroid dienone is 2. The van der Waals surface area contributed by atoms with Crippen LogP contribution in [0.5, 0.6) is 0 Å². The summed E-state index contributed by atoms with van der Waals surface area (Å²) in [5, 5.41) is 2.71. The van der Waals surface area contributed by atoms with Crippen molar-refractivity contribution in [1.29, 1.82) is 0 Å². The maximum absolute atomic E-state index is 12.6. The summed E-state index contributed by atoms with van der Waals surface area (Å²) in [6.45, 7) is 0.128. The molecule has 1 atom stereocenters. The van der Waals surface area contributed by atoms with Gasteiger partial charge in [-0.25, -0.2) is 0 Å². The van der Waals surface area contributed by atoms with E-state index in [0.717, 1.165) is 25.0 Å². The van der Waals surface area contributed by atoms with Crippen molar-refractivity contribution in [3.63, 3.8) is 0 Å². The van der Waals surface area contributed by atoms with Gasteiger partial charge in [0.25, 0.3) is 0 Å². The van der Waals surface area contributed by atoms with E-state index in [9.17, 15) is 18.0 Å². The van der Waals surface area contributed by atoms with E-state index in [2.05, 4.69) is 5.32 Å². The van der Waals surface area contributed by atoms with Crippen LogP contribution in [0.4, 0.5) is 13.2 Å². The maximum Gasteiger partial charge on any atom is 0.416 e. The van der Waals surface area contributed by atoms with E-state index in [0.29, 0.717) is 12.0 Å². The molecule has 1 aromatic rings. The first-order chi connectivity index (χ1) is 9.47. The predicted molar refractivity (Wildman–Crippen MR) is 69.8 cm³/mol. The molecular weight excluding hydrogens is 267 g/mol. The fourth-order valence-electron chi connectivity index (χ4n) is 2.22. The maximum atomic E-state index is 12.6. The molecule has 0 saturated heterocycles. The zero-order chi connectivity index (χ0) is 14.6. The smallest absolute Gasteiger partial charge is 0.352 e. The zero-order valence-electron chi connectivity index (χ0n) is 10.9. The van der Waals surface area contributed by atoms with Crippen LogP contribution in [0.3, 0.4) is 0 Å². The number of hydrogen-bond acceptors (Lipinski definition) is 1. The lowest BCUT2D eigenvalue weighted by Crippen LogP contribution is -2.30. The molecule has 2 rings (SSSR count). The van der Waals surface area contributed by atoms with Gasteiger partial charge in [0.05, 0.1) is 5.56 Å². The number of carbonyl (C=O) groups is 1. The Balaban J connectivity index is 1.94. The van der Waals surface area contributed by atoms with E-state index >= 15 is 0 Å². The lowest BCUT2D eigenvalue weighted by atomic mass is 9.93. The van der Waals surface area contributed by atoms with Crippen molar-refractivity contribution in [2.75, 3.05) is 0 Å². The molecule has 0 aliphatic heterocycles. The Morgan fingerprint density at radius 2 is 2.10 bits per heavy atom. The second kappa shape index (κ2) is 6.11. The van der Waals surface area contributed by atoms with E-state index in [1.807, 2.05) is 12.2 Å². The molecule has 1 aliphatic carbocycles. The molecule has 2 nitrogen and oxygen atoms in total. The Kier molecular flexibility index (Phi) is 4.47. The minimum Gasteiger partial charge on any atom is -0.352 e. The average Bonchev–Trinajstić information content (AvgIpc) is 2.45. The van der Waals surface area contributed by atoms with Crippen molar-refractivity contribution in [3.8, 4) is 0 Å². The van der Waals surface area contributed by atoms with Crippen molar-refractivity contribution < 1.29 is 18.0 Å². The third-order valence-electron chi connectivity index (χ3n) is 3.36. The topological polar surface area (TPSA) is 29.1 Å². The highest BCUT2D eigenvalue weighted by atomic mass is 19.4. The van der Waals surface area contributed by atoms with Crippen LogP contribution in [0.2, 0.25) is 0 Å². The third kappa shape index (κ3) is 3.85. The summed E-state index contributed by atoms with van der Waals surface area (Å²) in [4.78, 5) is 11.9. The number of amides is 1. The van der Waals surface area contributed by atoms with Crippen molar-refractivity contribution in [3.05, 3.63) is 47.5 Å². The number of carbonyl (C=O) groups excluding carboxylic acids is 1. The molecular formula is C15H16F3NO. The van der Waals surface area contributed by atoms with E-state index in [1.165, 1.54) is 6.07 Å². The molecule has 20 heavy (non-hydrogen) atoms. The lowest BCUT2D eigenvalue weighted by molar-refractivity contribution is -0.137. The molecule has 1 amide bonds. The van der Waals surface area contributed by atoms with Gasteiger partial charge in [-0.1, -0.05) is 24.3 Å². The minimum atomic E-state index is -4.35. The van der Waals surface area contributed by atoms with Gasteiger partial charge in [0.1, 0.15) is 0 Å². The van der Waals surface area contributed by atoms with Gasteiger partial charge in [-0.05, 0) is 37.0 Å². The van der Waals surface area contributed by atoms with Gasteiger partial charge in [-0.3, -0.25) is 4.79 Å². The third-order valence-corrected chi connectivity index (χ3v) is 3.36. The van der Waals surface area contributed by atoms with Gasteiger partial charge >= 0.3 is 6.18 Å². The van der Waals surface area contributed by atoms with Gasteiger partial charge in [0.2, 0.25) is 5.91 Å². The van der Waals surface area contributed by atoms with Crippen LogP contribution in [0.15, 0.2) is 36.4 Å². The summed E-state index contributed by atoms with van der Waals surface area (Å²) in [5.74, 6) is -0.155. The van der Waals surface area contributed by atoms with Gasteiger partial charge in [0.15, 0.2) is 0 Å². The molecule has 5 heteroatoms. The number of alkyl halides is 3. The molecule has 0 fully saturated rings. The van der Waals surface area contributed by atoms with Gasteiger partial charge in [-0.2, -0.15) is 13.2 Å². The van der Waals surface area contributed by atoms with Crippen molar-refractivity contribution >= 4 is 5.91 Å². The highest BCUT2D eigenvalue weighted by molar-refractivity contribution is 5.78. The number of benzene rings is 1. The molecule has 108 valence electrons. The quantitative estimate of drug-likeness (QED) is 0.842. The molecule has 0 aromatic heterocycles. The largest absolute Gasteiger partial charge is 0.416 e. The molecule has 0 radical (unpaired) electrons. The molecule has 1 unspecified atom stereocenters. The summed E-state index contributed by atoms with van der Waals surface area (Å²) in [5.41, 5.74) is -0.232. The van der Waals surface area contributed by atoms with Crippen LogP contribution >= 0.6 is 0 Å². The Labute approximate surface area is 115 Å². The van der Waals surface area contributed by atoms with Gasteiger partial charge in [-0.15, -0.1) is 0 Å². The molecule has 0 saturated carbocycles. The molecule has 0 heterocycles. The fraction of sp³-hybridized carbons (Fsp3) is 0.400. The summed E-state index contributed by atoms with van der Waals surface area (Å²) in [7, 11) is 0. The van der Waals surface area contributed by atoms with Crippen LogP contribution in [-0.2, 0) is 17.5 Å². The van der Waals surface area contributed by atoms with Crippen LogP contribution in [0, 0.1) is 5.92 Å². The number of hydrogen-bond donors (Lipinski definition) is 1. The summed E-state index contributed by atoms with van der Waals surface area (Å²) in [6, 6.07) is 5.03. The van der Waals surface area contributed by atoms with Crippen LogP contribution < -0.4 is 5.32 Å². The van der Waals surface area contributed by atoms with Crippen molar-refractivity contribution in [2.45, 2.75) is 32.0 Å². The van der Waals surface area contributed by atoms with E-state index in [-0.39, 0.29) is 18.4 Å². The minimum absolute atomic E-state index is 0.0641. The summed E-state index contributed by atoms with van der Waals surface area (Å²) in [6.07, 6.45) is 2.03.